The number of ether oxygens (including phenoxy) is 1. The molecule has 0 fully saturated rings. The second-order valence-corrected chi connectivity index (χ2v) is 6.90. The number of nitrogens with zero attached hydrogens (tertiary/aromatic N) is 2. The Morgan fingerprint density at radius 1 is 1.45 bits per heavy atom. The van der Waals surface area contributed by atoms with Gasteiger partial charge in [-0.25, -0.2) is 0 Å². The molecule has 20 heavy (non-hydrogen) atoms. The molecule has 2 aromatic heterocycles. The summed E-state index contributed by atoms with van der Waals surface area (Å²) in [6.45, 7) is 10.8. The molecule has 0 spiro atoms. The fraction of sp³-hybridized carbons (Fsp3) is 0.571. The van der Waals surface area contributed by atoms with Crippen LogP contribution in [-0.2, 0) is 4.74 Å². The summed E-state index contributed by atoms with van der Waals surface area (Å²) in [7, 11) is 0. The van der Waals surface area contributed by atoms with Gasteiger partial charge in [-0.1, -0.05) is 25.9 Å². The summed E-state index contributed by atoms with van der Waals surface area (Å²) in [6.07, 6.45) is -0.192. The van der Waals surface area contributed by atoms with E-state index in [4.69, 9.17) is 15.0 Å². The normalized spacial score (nSPS) is 13.7. The summed E-state index contributed by atoms with van der Waals surface area (Å²) in [5.74, 6) is 1.09. The molecule has 2 aromatic rings. The van der Waals surface area contributed by atoms with Crippen LogP contribution in [-0.4, -0.2) is 16.7 Å². The van der Waals surface area contributed by atoms with Gasteiger partial charge in [0.15, 0.2) is 0 Å². The van der Waals surface area contributed by atoms with E-state index in [0.29, 0.717) is 18.3 Å². The van der Waals surface area contributed by atoms with Crippen molar-refractivity contribution in [3.63, 3.8) is 0 Å². The van der Waals surface area contributed by atoms with Gasteiger partial charge in [0.1, 0.15) is 6.10 Å². The third-order valence-corrected chi connectivity index (χ3v) is 3.98. The molecule has 0 amide bonds. The molecule has 6 heteroatoms. The minimum Gasteiger partial charge on any atom is -0.391 e. The summed E-state index contributed by atoms with van der Waals surface area (Å²) >= 11 is 1.45. The van der Waals surface area contributed by atoms with Gasteiger partial charge in [-0.05, 0) is 30.9 Å². The molecule has 110 valence electrons. The Balaban J connectivity index is 2.34. The highest BCUT2D eigenvalue weighted by atomic mass is 32.1. The molecule has 0 aliphatic heterocycles. The summed E-state index contributed by atoms with van der Waals surface area (Å²) in [6, 6.07) is 1.91. The van der Waals surface area contributed by atoms with Crippen molar-refractivity contribution in [3.05, 3.63) is 17.5 Å². The maximum atomic E-state index is 5.80. The molecule has 1 atom stereocenters. The summed E-state index contributed by atoms with van der Waals surface area (Å²) < 4.78 is 11.2. The van der Waals surface area contributed by atoms with Gasteiger partial charge in [-0.2, -0.15) is 4.98 Å². The second kappa shape index (κ2) is 5.54. The fourth-order valence-electron chi connectivity index (χ4n) is 2.03. The van der Waals surface area contributed by atoms with E-state index >= 15 is 0 Å². The Labute approximate surface area is 123 Å². The predicted molar refractivity (Wildman–Crippen MR) is 80.6 cm³/mol. The molecule has 1 unspecified atom stereocenters. The molecule has 0 radical (unpaired) electrons. The van der Waals surface area contributed by atoms with Crippen LogP contribution >= 0.6 is 11.3 Å². The lowest BCUT2D eigenvalue weighted by Crippen LogP contribution is -2.22. The highest BCUT2D eigenvalue weighted by Gasteiger charge is 2.31. The van der Waals surface area contributed by atoms with Crippen LogP contribution in [0.3, 0.4) is 0 Å². The van der Waals surface area contributed by atoms with E-state index in [1.165, 1.54) is 11.3 Å². The zero-order chi connectivity index (χ0) is 14.9. The first-order chi connectivity index (χ1) is 9.32. The molecule has 0 saturated heterocycles. The topological polar surface area (TPSA) is 74.2 Å². The molecule has 2 heterocycles. The third-order valence-electron chi connectivity index (χ3n) is 2.93. The minimum atomic E-state index is -0.192. The predicted octanol–water partition coefficient (Wildman–Crippen LogP) is 3.81. The lowest BCUT2D eigenvalue weighted by Gasteiger charge is -2.27. The number of anilines is 1. The van der Waals surface area contributed by atoms with Crippen LogP contribution in [0.4, 0.5) is 5.00 Å². The Bertz CT molecular complexity index is 583. The molecular formula is C14H21N3O2S. The first-order valence-corrected chi connectivity index (χ1v) is 7.46. The van der Waals surface area contributed by atoms with Gasteiger partial charge in [0, 0.05) is 6.61 Å². The van der Waals surface area contributed by atoms with Crippen molar-refractivity contribution in [1.82, 2.24) is 10.1 Å². The first-order valence-electron chi connectivity index (χ1n) is 6.64. The van der Waals surface area contributed by atoms with Crippen molar-refractivity contribution in [1.29, 1.82) is 0 Å². The second-order valence-electron chi connectivity index (χ2n) is 5.82. The first kappa shape index (κ1) is 15.0. The monoisotopic (exact) mass is 295 g/mol. The van der Waals surface area contributed by atoms with Crippen molar-refractivity contribution in [2.24, 2.45) is 5.41 Å². The van der Waals surface area contributed by atoms with E-state index in [0.717, 1.165) is 15.4 Å². The minimum absolute atomic E-state index is 0.0966. The van der Waals surface area contributed by atoms with E-state index in [1.54, 1.807) is 0 Å². The maximum absolute atomic E-state index is 5.80. The van der Waals surface area contributed by atoms with Crippen molar-refractivity contribution in [2.75, 3.05) is 12.3 Å². The van der Waals surface area contributed by atoms with E-state index in [2.05, 4.69) is 30.9 Å². The molecular weight excluding hydrogens is 274 g/mol. The Kier molecular flexibility index (Phi) is 4.15. The van der Waals surface area contributed by atoms with Gasteiger partial charge in [-0.3, -0.25) is 0 Å². The molecule has 0 saturated carbocycles. The summed E-state index contributed by atoms with van der Waals surface area (Å²) in [5, 5.41) is 4.83. The number of hydrogen-bond acceptors (Lipinski definition) is 6. The van der Waals surface area contributed by atoms with Gasteiger partial charge in [-0.15, -0.1) is 11.3 Å². The van der Waals surface area contributed by atoms with Gasteiger partial charge in [0.2, 0.25) is 5.82 Å². The van der Waals surface area contributed by atoms with Crippen molar-refractivity contribution in [3.8, 4) is 10.8 Å². The quantitative estimate of drug-likeness (QED) is 0.928. The fourth-order valence-corrected chi connectivity index (χ4v) is 2.89. The number of rotatable bonds is 4. The molecule has 2 N–H and O–H groups in total. The van der Waals surface area contributed by atoms with Gasteiger partial charge < -0.3 is 15.0 Å². The molecule has 0 bridgehead atoms. The largest absolute Gasteiger partial charge is 0.391 e. The average Bonchev–Trinajstić information content (AvgIpc) is 2.91. The van der Waals surface area contributed by atoms with Gasteiger partial charge in [0.25, 0.3) is 5.89 Å². The van der Waals surface area contributed by atoms with Crippen molar-refractivity contribution >= 4 is 16.3 Å². The smallest absolute Gasteiger partial charge is 0.268 e. The van der Waals surface area contributed by atoms with Crippen LogP contribution in [0.25, 0.3) is 10.8 Å². The average molecular weight is 295 g/mol. The standard InChI is InChI=1S/C14H21N3O2S/c1-6-18-11(14(3,4)5)12-16-13(19-17-12)10-8(2)7-9(15)20-10/h7,11H,6,15H2,1-5H3. The molecule has 2 rings (SSSR count). The van der Waals surface area contributed by atoms with Crippen LogP contribution in [0.2, 0.25) is 0 Å². The van der Waals surface area contributed by atoms with Crippen LogP contribution in [0, 0.1) is 12.3 Å². The van der Waals surface area contributed by atoms with Crippen molar-refractivity contribution in [2.45, 2.75) is 40.7 Å². The van der Waals surface area contributed by atoms with Gasteiger partial charge in [0.05, 0.1) is 9.88 Å². The number of hydrogen-bond donors (Lipinski definition) is 1. The Morgan fingerprint density at radius 3 is 2.65 bits per heavy atom. The number of aryl methyl sites for hydroxylation is 1. The summed E-state index contributed by atoms with van der Waals surface area (Å²) in [4.78, 5) is 5.41. The van der Waals surface area contributed by atoms with Crippen molar-refractivity contribution < 1.29 is 9.26 Å². The van der Waals surface area contributed by atoms with Gasteiger partial charge >= 0.3 is 0 Å². The lowest BCUT2D eigenvalue weighted by atomic mass is 9.88. The van der Waals surface area contributed by atoms with E-state index in [-0.39, 0.29) is 11.5 Å². The molecule has 0 aromatic carbocycles. The molecule has 0 aliphatic carbocycles. The van der Waals surface area contributed by atoms with E-state index in [9.17, 15) is 0 Å². The Morgan fingerprint density at radius 2 is 2.15 bits per heavy atom. The maximum Gasteiger partial charge on any atom is 0.268 e. The molecule has 0 aliphatic rings. The van der Waals surface area contributed by atoms with Crippen LogP contribution < -0.4 is 5.73 Å². The van der Waals surface area contributed by atoms with E-state index < -0.39 is 0 Å². The number of nitrogens with two attached hydrogens (primary N) is 1. The zero-order valence-electron chi connectivity index (χ0n) is 12.6. The van der Waals surface area contributed by atoms with Crippen LogP contribution in [0.1, 0.15) is 45.2 Å². The zero-order valence-corrected chi connectivity index (χ0v) is 13.4. The SMILES string of the molecule is CCOC(c1noc(-c2sc(N)cc2C)n1)C(C)(C)C. The highest BCUT2D eigenvalue weighted by molar-refractivity contribution is 7.19. The van der Waals surface area contributed by atoms with E-state index in [1.807, 2.05) is 19.9 Å². The third kappa shape index (κ3) is 3.02. The lowest BCUT2D eigenvalue weighted by molar-refractivity contribution is -0.0203. The van der Waals surface area contributed by atoms with Crippen LogP contribution in [0.5, 0.6) is 0 Å². The number of aromatic nitrogens is 2. The number of nitrogen functional groups attached to an aromatic ring is 1. The molecule has 5 nitrogen and oxygen atoms in total. The van der Waals surface area contributed by atoms with Crippen LogP contribution in [0.15, 0.2) is 10.6 Å². The Hall–Kier alpha value is -1.40. The summed E-state index contributed by atoms with van der Waals surface area (Å²) in [5.41, 5.74) is 6.76. The highest BCUT2D eigenvalue weighted by Crippen LogP contribution is 2.37. The number of thiophene rings is 1.